The first kappa shape index (κ1) is 22.4. The van der Waals surface area contributed by atoms with Gasteiger partial charge >= 0.3 is 0 Å². The van der Waals surface area contributed by atoms with Crippen molar-refractivity contribution in [1.29, 1.82) is 0 Å². The third kappa shape index (κ3) is 5.31. The molecule has 1 N–H and O–H groups in total. The summed E-state index contributed by atoms with van der Waals surface area (Å²) in [5.41, 5.74) is 1.58. The molecule has 8 heteroatoms. The zero-order valence-electron chi connectivity index (χ0n) is 18.8. The number of methoxy groups -OCH3 is 1. The van der Waals surface area contributed by atoms with E-state index in [1.807, 2.05) is 38.1 Å². The van der Waals surface area contributed by atoms with Crippen molar-refractivity contribution in [3.05, 3.63) is 48.0 Å². The zero-order chi connectivity index (χ0) is 22.5. The summed E-state index contributed by atoms with van der Waals surface area (Å²) in [5, 5.41) is 4.06. The highest BCUT2D eigenvalue weighted by atomic mass is 32.1. The van der Waals surface area contributed by atoms with Crippen LogP contribution in [0.2, 0.25) is 0 Å². The van der Waals surface area contributed by atoms with Gasteiger partial charge in [-0.05, 0) is 50.2 Å². The maximum Gasteiger partial charge on any atom is 0.251 e. The van der Waals surface area contributed by atoms with Gasteiger partial charge in [0.25, 0.3) is 5.91 Å². The van der Waals surface area contributed by atoms with Crippen LogP contribution < -0.4 is 19.7 Å². The SMILES string of the molecule is COc1cccc2sc(N3CCN(CCNC(=O)c4ccc(OC(C)C)cc4)CC3)nc12. The number of carbonyl (C=O) groups is 1. The fourth-order valence-electron chi connectivity index (χ4n) is 3.76. The van der Waals surface area contributed by atoms with E-state index in [0.29, 0.717) is 12.1 Å². The largest absolute Gasteiger partial charge is 0.494 e. The van der Waals surface area contributed by atoms with Crippen LogP contribution in [0.15, 0.2) is 42.5 Å². The number of hydrogen-bond acceptors (Lipinski definition) is 7. The Kier molecular flexibility index (Phi) is 7.12. The molecule has 0 saturated carbocycles. The van der Waals surface area contributed by atoms with Gasteiger partial charge in [-0.2, -0.15) is 0 Å². The summed E-state index contributed by atoms with van der Waals surface area (Å²) in [7, 11) is 1.68. The summed E-state index contributed by atoms with van der Waals surface area (Å²) in [6.07, 6.45) is 0.118. The molecule has 7 nitrogen and oxygen atoms in total. The van der Waals surface area contributed by atoms with E-state index in [2.05, 4.69) is 21.2 Å². The zero-order valence-corrected chi connectivity index (χ0v) is 19.7. The van der Waals surface area contributed by atoms with Gasteiger partial charge in [0.05, 0.1) is 17.9 Å². The first-order valence-electron chi connectivity index (χ1n) is 11.0. The first-order chi connectivity index (χ1) is 15.5. The van der Waals surface area contributed by atoms with Crippen molar-refractivity contribution in [3.8, 4) is 11.5 Å². The van der Waals surface area contributed by atoms with E-state index in [0.717, 1.165) is 59.6 Å². The van der Waals surface area contributed by atoms with Crippen molar-refractivity contribution in [3.63, 3.8) is 0 Å². The summed E-state index contributed by atoms with van der Waals surface area (Å²) in [4.78, 5) is 21.9. The third-order valence-electron chi connectivity index (χ3n) is 5.44. The van der Waals surface area contributed by atoms with Crippen LogP contribution in [0.3, 0.4) is 0 Å². The molecular formula is C24H30N4O3S. The smallest absolute Gasteiger partial charge is 0.251 e. The van der Waals surface area contributed by atoms with Gasteiger partial charge in [-0.3, -0.25) is 9.69 Å². The van der Waals surface area contributed by atoms with E-state index in [-0.39, 0.29) is 12.0 Å². The van der Waals surface area contributed by atoms with Crippen LogP contribution in [0.1, 0.15) is 24.2 Å². The Balaban J connectivity index is 1.23. The van der Waals surface area contributed by atoms with E-state index in [1.165, 1.54) is 0 Å². The fourth-order valence-corrected chi connectivity index (χ4v) is 4.80. The highest BCUT2D eigenvalue weighted by Crippen LogP contribution is 2.34. The number of rotatable bonds is 8. The van der Waals surface area contributed by atoms with Crippen molar-refractivity contribution >= 4 is 32.6 Å². The number of piperazine rings is 1. The normalized spacial score (nSPS) is 14.7. The topological polar surface area (TPSA) is 66.9 Å². The van der Waals surface area contributed by atoms with Gasteiger partial charge in [0.2, 0.25) is 0 Å². The molecule has 32 heavy (non-hydrogen) atoms. The molecule has 1 amide bonds. The number of ether oxygens (including phenoxy) is 2. The summed E-state index contributed by atoms with van der Waals surface area (Å²) in [5.74, 6) is 1.55. The molecule has 3 aromatic rings. The first-order valence-corrected chi connectivity index (χ1v) is 11.8. The average molecular weight is 455 g/mol. The summed E-state index contributed by atoms with van der Waals surface area (Å²) >= 11 is 1.71. The number of aromatic nitrogens is 1. The van der Waals surface area contributed by atoms with Crippen LogP contribution in [0.25, 0.3) is 10.2 Å². The molecule has 0 atom stereocenters. The van der Waals surface area contributed by atoms with E-state index >= 15 is 0 Å². The Morgan fingerprint density at radius 3 is 2.56 bits per heavy atom. The lowest BCUT2D eigenvalue weighted by atomic mass is 10.2. The molecular weight excluding hydrogens is 424 g/mol. The molecule has 0 spiro atoms. The number of carbonyl (C=O) groups excluding carboxylic acids is 1. The molecule has 1 aromatic heterocycles. The van der Waals surface area contributed by atoms with Crippen molar-refractivity contribution in [2.24, 2.45) is 0 Å². The van der Waals surface area contributed by atoms with Crippen LogP contribution in [0.4, 0.5) is 5.13 Å². The highest BCUT2D eigenvalue weighted by Gasteiger charge is 2.20. The number of para-hydroxylation sites is 1. The van der Waals surface area contributed by atoms with Gasteiger partial charge in [0.1, 0.15) is 17.0 Å². The van der Waals surface area contributed by atoms with Gasteiger partial charge < -0.3 is 19.7 Å². The Bertz CT molecular complexity index is 1040. The highest BCUT2D eigenvalue weighted by molar-refractivity contribution is 7.22. The molecule has 2 heterocycles. The molecule has 1 aliphatic heterocycles. The standard InChI is InChI=1S/C24H30N4O3S/c1-17(2)31-19-9-7-18(8-10-19)23(29)25-11-12-27-13-15-28(16-14-27)24-26-22-20(30-3)5-4-6-21(22)32-24/h4-10,17H,11-16H2,1-3H3,(H,25,29). The van der Waals surface area contributed by atoms with Crippen molar-refractivity contribution < 1.29 is 14.3 Å². The molecule has 1 aliphatic rings. The number of nitrogens with zero attached hydrogens (tertiary/aromatic N) is 3. The molecule has 170 valence electrons. The Morgan fingerprint density at radius 2 is 1.88 bits per heavy atom. The number of fused-ring (bicyclic) bond motifs is 1. The van der Waals surface area contributed by atoms with E-state index in [1.54, 1.807) is 30.6 Å². The maximum atomic E-state index is 12.4. The Labute approximate surface area is 192 Å². The molecule has 4 rings (SSSR count). The number of thiazole rings is 1. The van der Waals surface area contributed by atoms with Crippen LogP contribution in [-0.2, 0) is 0 Å². The number of hydrogen-bond donors (Lipinski definition) is 1. The molecule has 0 aliphatic carbocycles. The molecule has 0 unspecified atom stereocenters. The van der Waals surface area contributed by atoms with E-state index in [9.17, 15) is 4.79 Å². The predicted molar refractivity (Wildman–Crippen MR) is 129 cm³/mol. The number of anilines is 1. The summed E-state index contributed by atoms with van der Waals surface area (Å²) in [6.45, 7) is 9.17. The Morgan fingerprint density at radius 1 is 1.12 bits per heavy atom. The molecule has 0 radical (unpaired) electrons. The lowest BCUT2D eigenvalue weighted by Gasteiger charge is -2.34. The molecule has 0 bridgehead atoms. The van der Waals surface area contributed by atoms with Gasteiger partial charge in [0, 0.05) is 44.8 Å². The van der Waals surface area contributed by atoms with Crippen molar-refractivity contribution in [2.45, 2.75) is 20.0 Å². The lowest BCUT2D eigenvalue weighted by molar-refractivity contribution is 0.0947. The second kappa shape index (κ2) is 10.2. The minimum Gasteiger partial charge on any atom is -0.494 e. The van der Waals surface area contributed by atoms with Gasteiger partial charge in [-0.15, -0.1) is 0 Å². The third-order valence-corrected chi connectivity index (χ3v) is 6.52. The second-order valence-corrected chi connectivity index (χ2v) is 9.09. The van der Waals surface area contributed by atoms with Gasteiger partial charge in [-0.1, -0.05) is 17.4 Å². The number of benzene rings is 2. The van der Waals surface area contributed by atoms with E-state index in [4.69, 9.17) is 14.5 Å². The fraction of sp³-hybridized carbons (Fsp3) is 0.417. The average Bonchev–Trinajstić information content (AvgIpc) is 3.24. The Hall–Kier alpha value is -2.84. The molecule has 1 saturated heterocycles. The summed E-state index contributed by atoms with van der Waals surface area (Å²) < 4.78 is 12.2. The van der Waals surface area contributed by atoms with Gasteiger partial charge in [-0.25, -0.2) is 4.98 Å². The van der Waals surface area contributed by atoms with Crippen molar-refractivity contribution in [2.75, 3.05) is 51.3 Å². The van der Waals surface area contributed by atoms with Gasteiger partial charge in [0.15, 0.2) is 5.13 Å². The monoisotopic (exact) mass is 454 g/mol. The van der Waals surface area contributed by atoms with Crippen molar-refractivity contribution in [1.82, 2.24) is 15.2 Å². The lowest BCUT2D eigenvalue weighted by Crippen LogP contribution is -2.48. The minimum absolute atomic E-state index is 0.0526. The maximum absolute atomic E-state index is 12.4. The van der Waals surface area contributed by atoms with Crippen LogP contribution in [0, 0.1) is 0 Å². The minimum atomic E-state index is -0.0526. The number of amides is 1. The second-order valence-electron chi connectivity index (χ2n) is 8.08. The quantitative estimate of drug-likeness (QED) is 0.561. The van der Waals surface area contributed by atoms with Crippen LogP contribution in [0.5, 0.6) is 11.5 Å². The van der Waals surface area contributed by atoms with E-state index < -0.39 is 0 Å². The number of nitrogens with one attached hydrogen (secondary N) is 1. The molecule has 1 fully saturated rings. The van der Waals surface area contributed by atoms with Crippen LogP contribution in [-0.4, -0.2) is 68.3 Å². The summed E-state index contributed by atoms with van der Waals surface area (Å²) in [6, 6.07) is 13.3. The van der Waals surface area contributed by atoms with Crippen LogP contribution >= 0.6 is 11.3 Å². The predicted octanol–water partition coefficient (Wildman–Crippen LogP) is 3.64. The molecule has 2 aromatic carbocycles.